The Morgan fingerprint density at radius 1 is 0.784 bits per heavy atom. The molecule has 3 aromatic carbocycles. The van der Waals surface area contributed by atoms with Crippen molar-refractivity contribution in [2.45, 2.75) is 71.1 Å². The number of rotatable bonds is 11. The van der Waals surface area contributed by atoms with Gasteiger partial charge in [0.15, 0.2) is 11.6 Å². The van der Waals surface area contributed by atoms with Gasteiger partial charge in [0.1, 0.15) is 11.6 Å². The zero-order chi connectivity index (χ0) is 26.2. The Morgan fingerprint density at radius 3 is 2.24 bits per heavy atom. The highest BCUT2D eigenvalue weighted by atomic mass is 19.2. The van der Waals surface area contributed by atoms with Gasteiger partial charge in [-0.3, -0.25) is 0 Å². The maximum atomic E-state index is 14.8. The highest BCUT2D eigenvalue weighted by Gasteiger charge is 2.26. The molecule has 1 aliphatic carbocycles. The van der Waals surface area contributed by atoms with Crippen molar-refractivity contribution in [2.75, 3.05) is 13.2 Å². The molecule has 0 saturated heterocycles. The standard InChI is InChI=1S/C32H37F3O2/c1-3-4-5-6-19-36-26-15-16-27(29(33)20-26)24-13-9-23(10-14-24)21-37-30-18-17-28(31(34)32(30)35)25-11-7-22(2)8-12-25/h7-8,11-12,15-18,20,23-24H,3-6,9-10,13-14,19,21H2,1-2H3. The van der Waals surface area contributed by atoms with Crippen molar-refractivity contribution >= 4 is 0 Å². The number of halogens is 3. The molecule has 0 atom stereocenters. The van der Waals surface area contributed by atoms with Crippen molar-refractivity contribution in [3.05, 3.63) is 83.2 Å². The Labute approximate surface area is 218 Å². The second-order valence-corrected chi connectivity index (χ2v) is 10.2. The van der Waals surface area contributed by atoms with Crippen LogP contribution < -0.4 is 9.47 Å². The summed E-state index contributed by atoms with van der Waals surface area (Å²) in [4.78, 5) is 0. The first-order valence-corrected chi connectivity index (χ1v) is 13.6. The molecule has 0 unspecified atom stereocenters. The third kappa shape index (κ3) is 7.09. The van der Waals surface area contributed by atoms with E-state index in [4.69, 9.17) is 9.47 Å². The van der Waals surface area contributed by atoms with Gasteiger partial charge in [0.2, 0.25) is 5.82 Å². The molecule has 1 fully saturated rings. The molecule has 3 aromatic rings. The largest absolute Gasteiger partial charge is 0.493 e. The Kier molecular flexibility index (Phi) is 9.54. The van der Waals surface area contributed by atoms with Gasteiger partial charge in [-0.25, -0.2) is 8.78 Å². The molecule has 0 heterocycles. The van der Waals surface area contributed by atoms with E-state index in [1.807, 2.05) is 31.2 Å². The second-order valence-electron chi connectivity index (χ2n) is 10.2. The zero-order valence-corrected chi connectivity index (χ0v) is 21.9. The van der Waals surface area contributed by atoms with Crippen molar-refractivity contribution in [1.29, 1.82) is 0 Å². The van der Waals surface area contributed by atoms with Gasteiger partial charge in [-0.2, -0.15) is 4.39 Å². The van der Waals surface area contributed by atoms with Gasteiger partial charge in [0.25, 0.3) is 0 Å². The van der Waals surface area contributed by atoms with E-state index >= 15 is 0 Å². The molecule has 0 radical (unpaired) electrons. The van der Waals surface area contributed by atoms with Crippen LogP contribution >= 0.6 is 0 Å². The maximum Gasteiger partial charge on any atom is 0.201 e. The van der Waals surface area contributed by atoms with E-state index in [-0.39, 0.29) is 29.0 Å². The number of unbranched alkanes of at least 4 members (excludes halogenated alkanes) is 3. The minimum absolute atomic E-state index is 0.0631. The van der Waals surface area contributed by atoms with Gasteiger partial charge in [-0.15, -0.1) is 0 Å². The second kappa shape index (κ2) is 13.0. The van der Waals surface area contributed by atoms with Crippen LogP contribution in [-0.4, -0.2) is 13.2 Å². The van der Waals surface area contributed by atoms with E-state index in [0.717, 1.165) is 49.7 Å². The lowest BCUT2D eigenvalue weighted by atomic mass is 9.79. The maximum absolute atomic E-state index is 14.8. The van der Waals surface area contributed by atoms with Gasteiger partial charge >= 0.3 is 0 Å². The minimum atomic E-state index is -0.957. The first-order chi connectivity index (χ1) is 18.0. The number of aryl methyl sites for hydroxylation is 1. The highest BCUT2D eigenvalue weighted by molar-refractivity contribution is 5.65. The predicted octanol–water partition coefficient (Wildman–Crippen LogP) is 9.39. The molecule has 0 aliphatic heterocycles. The average Bonchev–Trinajstić information content (AvgIpc) is 2.91. The summed E-state index contributed by atoms with van der Waals surface area (Å²) < 4.78 is 55.7. The predicted molar refractivity (Wildman–Crippen MR) is 143 cm³/mol. The van der Waals surface area contributed by atoms with Gasteiger partial charge in [-0.1, -0.05) is 62.1 Å². The summed E-state index contributed by atoms with van der Waals surface area (Å²) in [6, 6.07) is 15.6. The van der Waals surface area contributed by atoms with Crippen molar-refractivity contribution < 1.29 is 22.6 Å². The summed E-state index contributed by atoms with van der Waals surface area (Å²) in [5.74, 6) is -1.16. The van der Waals surface area contributed by atoms with Crippen LogP contribution in [0.25, 0.3) is 11.1 Å². The third-order valence-electron chi connectivity index (χ3n) is 7.41. The van der Waals surface area contributed by atoms with Gasteiger partial charge < -0.3 is 9.47 Å². The third-order valence-corrected chi connectivity index (χ3v) is 7.41. The Hall–Kier alpha value is -2.95. The molecule has 5 heteroatoms. The summed E-state index contributed by atoms with van der Waals surface area (Å²) in [7, 11) is 0. The van der Waals surface area contributed by atoms with E-state index in [1.165, 1.54) is 25.0 Å². The molecule has 1 saturated carbocycles. The first kappa shape index (κ1) is 27.1. The Bertz CT molecular complexity index is 1150. The van der Waals surface area contributed by atoms with E-state index < -0.39 is 11.6 Å². The molecule has 0 N–H and O–H groups in total. The van der Waals surface area contributed by atoms with Gasteiger partial charge in [-0.05, 0) is 80.2 Å². The van der Waals surface area contributed by atoms with Crippen LogP contribution in [0.2, 0.25) is 0 Å². The summed E-state index contributed by atoms with van der Waals surface area (Å²) in [5.41, 5.74) is 2.64. The molecule has 1 aliphatic rings. The van der Waals surface area contributed by atoms with Crippen LogP contribution in [0.3, 0.4) is 0 Å². The Morgan fingerprint density at radius 2 is 1.54 bits per heavy atom. The highest BCUT2D eigenvalue weighted by Crippen LogP contribution is 2.38. The van der Waals surface area contributed by atoms with Crippen molar-refractivity contribution in [1.82, 2.24) is 0 Å². The molecular weight excluding hydrogens is 473 g/mol. The van der Waals surface area contributed by atoms with Crippen LogP contribution in [-0.2, 0) is 0 Å². The quantitative estimate of drug-likeness (QED) is 0.239. The molecule has 0 spiro atoms. The molecule has 4 rings (SSSR count). The molecule has 198 valence electrons. The topological polar surface area (TPSA) is 18.5 Å². The van der Waals surface area contributed by atoms with Gasteiger partial charge in [0.05, 0.1) is 13.2 Å². The smallest absolute Gasteiger partial charge is 0.201 e. The Balaban J connectivity index is 1.27. The number of benzene rings is 3. The van der Waals surface area contributed by atoms with Gasteiger partial charge in [0, 0.05) is 11.6 Å². The van der Waals surface area contributed by atoms with E-state index in [9.17, 15) is 13.2 Å². The molecule has 37 heavy (non-hydrogen) atoms. The van der Waals surface area contributed by atoms with Crippen molar-refractivity contribution in [3.8, 4) is 22.6 Å². The number of ether oxygens (including phenoxy) is 2. The molecular formula is C32H37F3O2. The van der Waals surface area contributed by atoms with Crippen molar-refractivity contribution in [2.24, 2.45) is 5.92 Å². The van der Waals surface area contributed by atoms with Crippen LogP contribution in [0.1, 0.15) is 75.3 Å². The fourth-order valence-corrected chi connectivity index (χ4v) is 5.09. The number of hydrogen-bond acceptors (Lipinski definition) is 2. The summed E-state index contributed by atoms with van der Waals surface area (Å²) in [6.45, 7) is 5.05. The first-order valence-electron chi connectivity index (χ1n) is 13.6. The van der Waals surface area contributed by atoms with Crippen LogP contribution in [0.4, 0.5) is 13.2 Å². The average molecular weight is 511 g/mol. The lowest BCUT2D eigenvalue weighted by Gasteiger charge is -2.29. The normalized spacial score (nSPS) is 17.5. The van der Waals surface area contributed by atoms with Crippen molar-refractivity contribution in [3.63, 3.8) is 0 Å². The zero-order valence-electron chi connectivity index (χ0n) is 21.9. The molecule has 0 bridgehead atoms. The molecule has 0 amide bonds. The van der Waals surface area contributed by atoms with Crippen LogP contribution in [0.15, 0.2) is 54.6 Å². The van der Waals surface area contributed by atoms with Crippen LogP contribution in [0, 0.1) is 30.3 Å². The van der Waals surface area contributed by atoms with E-state index in [1.54, 1.807) is 18.2 Å². The number of hydrogen-bond donors (Lipinski definition) is 0. The SMILES string of the molecule is CCCCCCOc1ccc(C2CCC(COc3ccc(-c4ccc(C)cc4)c(F)c3F)CC2)c(F)c1. The lowest BCUT2D eigenvalue weighted by Crippen LogP contribution is -2.20. The summed E-state index contributed by atoms with van der Waals surface area (Å²) >= 11 is 0. The van der Waals surface area contributed by atoms with Crippen LogP contribution in [0.5, 0.6) is 11.5 Å². The summed E-state index contributed by atoms with van der Waals surface area (Å²) in [5, 5.41) is 0. The lowest BCUT2D eigenvalue weighted by molar-refractivity contribution is 0.192. The fourth-order valence-electron chi connectivity index (χ4n) is 5.09. The molecule has 2 nitrogen and oxygen atoms in total. The van der Waals surface area contributed by atoms with E-state index in [2.05, 4.69) is 6.92 Å². The monoisotopic (exact) mass is 510 g/mol. The fraction of sp³-hybridized carbons (Fsp3) is 0.438. The molecule has 0 aromatic heterocycles. The van der Waals surface area contributed by atoms with E-state index in [0.29, 0.717) is 24.5 Å². The summed E-state index contributed by atoms with van der Waals surface area (Å²) in [6.07, 6.45) is 7.86. The minimum Gasteiger partial charge on any atom is -0.493 e.